The Hall–Kier alpha value is -6.10. The lowest BCUT2D eigenvalue weighted by Gasteiger charge is -2.32. The molecule has 0 spiro atoms. The van der Waals surface area contributed by atoms with E-state index in [9.17, 15) is 33.9 Å². The summed E-state index contributed by atoms with van der Waals surface area (Å²) in [5.74, 6) is -3.68. The van der Waals surface area contributed by atoms with Crippen LogP contribution in [0.4, 0.5) is 4.79 Å². The minimum atomic E-state index is -1.36. The van der Waals surface area contributed by atoms with Crippen LogP contribution in [0.25, 0.3) is 10.9 Å². The van der Waals surface area contributed by atoms with Gasteiger partial charge in [-0.05, 0) is 75.3 Å². The van der Waals surface area contributed by atoms with E-state index in [-0.39, 0.29) is 38.5 Å². The number of amides is 5. The van der Waals surface area contributed by atoms with Gasteiger partial charge in [0.05, 0.1) is 24.0 Å². The number of aromatic amines is 1. The van der Waals surface area contributed by atoms with Gasteiger partial charge in [0, 0.05) is 42.2 Å². The predicted octanol–water partition coefficient (Wildman–Crippen LogP) is 3.53. The minimum Gasteiger partial charge on any atom is -0.445 e. The van der Waals surface area contributed by atoms with Crippen LogP contribution in [0.3, 0.4) is 0 Å². The highest BCUT2D eigenvalue weighted by atomic mass is 16.5. The Morgan fingerprint density at radius 2 is 1.75 bits per heavy atom. The van der Waals surface area contributed by atoms with Crippen molar-refractivity contribution in [3.8, 4) is 0 Å². The first-order valence-corrected chi connectivity index (χ1v) is 20.7. The van der Waals surface area contributed by atoms with E-state index in [0.717, 1.165) is 48.6 Å². The van der Waals surface area contributed by atoms with Crippen LogP contribution in [0.5, 0.6) is 0 Å². The van der Waals surface area contributed by atoms with Crippen molar-refractivity contribution < 1.29 is 38.6 Å². The highest BCUT2D eigenvalue weighted by Crippen LogP contribution is 2.34. The lowest BCUT2D eigenvalue weighted by atomic mass is 9.84. The number of ketones is 1. The Balaban J connectivity index is 1.19. The molecule has 2 aromatic carbocycles. The number of nitrogens with one attached hydrogen (secondary N) is 4. The molecule has 3 heterocycles. The fourth-order valence-electron chi connectivity index (χ4n) is 8.20. The first-order chi connectivity index (χ1) is 28.8. The zero-order chi connectivity index (χ0) is 42.8. The monoisotopic (exact) mass is 825 g/mol. The normalized spacial score (nSPS) is 18.1. The van der Waals surface area contributed by atoms with Gasteiger partial charge < -0.3 is 41.4 Å². The van der Waals surface area contributed by atoms with Crippen LogP contribution in [0.15, 0.2) is 67.0 Å². The largest absolute Gasteiger partial charge is 0.445 e. The van der Waals surface area contributed by atoms with Gasteiger partial charge in [0.1, 0.15) is 24.3 Å². The summed E-state index contributed by atoms with van der Waals surface area (Å²) in [4.78, 5) is 85.1. The molecule has 320 valence electrons. The molecule has 1 saturated carbocycles. The van der Waals surface area contributed by atoms with E-state index in [0.29, 0.717) is 30.5 Å². The van der Waals surface area contributed by atoms with Crippen LogP contribution in [-0.4, -0.2) is 96.7 Å². The number of unbranched alkanes of at least 4 members (excludes halogenated alkanes) is 1. The number of primary amides is 1. The molecule has 7 N–H and O–H groups in total. The molecule has 17 heteroatoms. The molecule has 60 heavy (non-hydrogen) atoms. The summed E-state index contributed by atoms with van der Waals surface area (Å²) in [6.07, 6.45) is 8.63. The summed E-state index contributed by atoms with van der Waals surface area (Å²) in [7, 11) is 0. The second kappa shape index (κ2) is 19.8. The molecule has 4 aromatic rings. The number of rotatable bonds is 18. The molecule has 0 bridgehead atoms. The first-order valence-electron chi connectivity index (χ1n) is 20.7. The molecule has 4 atom stereocenters. The number of ether oxygens (including phenoxy) is 1. The standard InChI is InChI=1S/C43H55N9O8/c1-43(2,59)36-24-47-50-52(36)31-23-35(40(56)48-33(37(53)38(44)54)15-9-10-19-46-42(58)60-26-28-13-7-4-8-14-28)51(25-31)41(57)34(21-27-11-5-3-6-12-27)49-39(55)30-16-17-32-29(22-30)18-20-45-32/h4,7-8,13-14,16-18,20,22,24,27,31,33-35,45,59H,3,5-6,9-12,15,19,21,23,25-26H2,1-2H3,(H2,44,54)(H,46,58)(H,48,56)(H,49,55)/t31-,33?,34+,35-/m0/s1. The number of alkyl carbamates (subject to hydrolysis) is 1. The number of likely N-dealkylation sites (tertiary alicyclic amines) is 1. The second-order valence-electron chi connectivity index (χ2n) is 16.3. The van der Waals surface area contributed by atoms with E-state index in [1.807, 2.05) is 36.4 Å². The maximum Gasteiger partial charge on any atom is 0.407 e. The Bertz CT molecular complexity index is 2140. The highest BCUT2D eigenvalue weighted by molar-refractivity contribution is 6.37. The Morgan fingerprint density at radius 1 is 0.983 bits per heavy atom. The average Bonchev–Trinajstić information content (AvgIpc) is 4.02. The van der Waals surface area contributed by atoms with Crippen molar-refractivity contribution in [1.82, 2.24) is 40.8 Å². The number of fused-ring (bicyclic) bond motifs is 1. The maximum absolute atomic E-state index is 14.9. The van der Waals surface area contributed by atoms with Crippen molar-refractivity contribution in [2.75, 3.05) is 13.1 Å². The number of hydrogen-bond acceptors (Lipinski definition) is 10. The summed E-state index contributed by atoms with van der Waals surface area (Å²) >= 11 is 0. The number of H-pyrrole nitrogens is 1. The number of nitrogens with two attached hydrogens (primary N) is 1. The lowest BCUT2D eigenvalue weighted by Crippen LogP contribution is -2.56. The van der Waals surface area contributed by atoms with Gasteiger partial charge in [0.2, 0.25) is 17.6 Å². The number of Topliss-reactive ketones (excluding diaryl/α,β-unsaturated/α-hetero) is 1. The average molecular weight is 826 g/mol. The highest BCUT2D eigenvalue weighted by Gasteiger charge is 2.45. The molecule has 1 saturated heterocycles. The van der Waals surface area contributed by atoms with Crippen LogP contribution in [-0.2, 0) is 36.1 Å². The molecule has 1 aliphatic heterocycles. The smallest absolute Gasteiger partial charge is 0.407 e. The fraction of sp³-hybridized carbons (Fsp3) is 0.488. The summed E-state index contributed by atoms with van der Waals surface area (Å²) < 4.78 is 6.74. The van der Waals surface area contributed by atoms with Crippen molar-refractivity contribution in [2.45, 2.75) is 114 Å². The summed E-state index contributed by atoms with van der Waals surface area (Å²) in [5.41, 5.74) is 6.50. The number of nitrogens with zero attached hydrogens (tertiary/aromatic N) is 4. The molecular formula is C43H55N9O8. The van der Waals surface area contributed by atoms with Crippen LogP contribution in [0.1, 0.15) is 106 Å². The molecule has 6 rings (SSSR count). The van der Waals surface area contributed by atoms with Crippen LogP contribution in [0, 0.1) is 5.92 Å². The van der Waals surface area contributed by atoms with Gasteiger partial charge in [-0.2, -0.15) is 0 Å². The van der Waals surface area contributed by atoms with Crippen molar-refractivity contribution in [3.63, 3.8) is 0 Å². The van der Waals surface area contributed by atoms with Crippen LogP contribution in [0.2, 0.25) is 0 Å². The zero-order valence-electron chi connectivity index (χ0n) is 34.1. The summed E-state index contributed by atoms with van der Waals surface area (Å²) in [6, 6.07) is 12.2. The van der Waals surface area contributed by atoms with Crippen molar-refractivity contribution in [3.05, 3.63) is 83.8 Å². The summed E-state index contributed by atoms with van der Waals surface area (Å²) in [6.45, 7) is 3.45. The first kappa shape index (κ1) is 43.5. The second-order valence-corrected chi connectivity index (χ2v) is 16.3. The van der Waals surface area contributed by atoms with E-state index in [4.69, 9.17) is 10.5 Å². The van der Waals surface area contributed by atoms with Crippen LogP contribution < -0.4 is 21.7 Å². The molecule has 5 amide bonds. The third kappa shape index (κ3) is 11.1. The topological polar surface area (TPSA) is 244 Å². The lowest BCUT2D eigenvalue weighted by molar-refractivity contribution is -0.142. The van der Waals surface area contributed by atoms with Gasteiger partial charge in [-0.15, -0.1) is 5.10 Å². The predicted molar refractivity (Wildman–Crippen MR) is 220 cm³/mol. The third-order valence-electron chi connectivity index (χ3n) is 11.4. The number of carbonyl (C=O) groups excluding carboxylic acids is 6. The van der Waals surface area contributed by atoms with Gasteiger partial charge in [0.25, 0.3) is 11.8 Å². The minimum absolute atomic E-state index is 0.0177. The van der Waals surface area contributed by atoms with Crippen molar-refractivity contribution in [1.29, 1.82) is 0 Å². The number of hydrogen-bond donors (Lipinski definition) is 6. The number of aliphatic hydroxyl groups is 1. The zero-order valence-corrected chi connectivity index (χ0v) is 34.1. The molecule has 1 aliphatic carbocycles. The Morgan fingerprint density at radius 3 is 2.48 bits per heavy atom. The molecule has 0 radical (unpaired) electrons. The Labute approximate surface area is 348 Å². The van der Waals surface area contributed by atoms with E-state index in [1.165, 1.54) is 15.8 Å². The van der Waals surface area contributed by atoms with Gasteiger partial charge in [-0.25, -0.2) is 9.48 Å². The SMILES string of the molecule is CC(C)(O)c1cnnn1[C@H]1C[C@@H](C(=O)NC(CCCCNC(=O)OCc2ccccc2)C(=O)C(N)=O)N(C(=O)[C@@H](CC2CCCCC2)NC(=O)c2ccc3[nH]ccc3c2)C1. The van der Waals surface area contributed by atoms with Crippen LogP contribution >= 0.6 is 0 Å². The van der Waals surface area contributed by atoms with E-state index < -0.39 is 65.3 Å². The third-order valence-corrected chi connectivity index (χ3v) is 11.4. The number of aromatic nitrogens is 4. The molecule has 17 nitrogen and oxygen atoms in total. The molecule has 2 aliphatic rings. The van der Waals surface area contributed by atoms with E-state index in [2.05, 4.69) is 31.2 Å². The molecule has 2 aromatic heterocycles. The fourth-order valence-corrected chi connectivity index (χ4v) is 8.20. The van der Waals surface area contributed by atoms with Gasteiger partial charge in [0.15, 0.2) is 0 Å². The van der Waals surface area contributed by atoms with Gasteiger partial charge in [-0.1, -0.05) is 67.6 Å². The van der Waals surface area contributed by atoms with Crippen molar-refractivity contribution >= 4 is 46.4 Å². The molecule has 2 fully saturated rings. The molecule has 1 unspecified atom stereocenters. The quantitative estimate of drug-likeness (QED) is 0.0630. The number of benzene rings is 2. The molecular weight excluding hydrogens is 771 g/mol. The Kier molecular flexibility index (Phi) is 14.3. The van der Waals surface area contributed by atoms with E-state index in [1.54, 1.807) is 38.2 Å². The van der Waals surface area contributed by atoms with E-state index >= 15 is 0 Å². The van der Waals surface area contributed by atoms with Gasteiger partial charge >= 0.3 is 6.09 Å². The van der Waals surface area contributed by atoms with Crippen molar-refractivity contribution in [2.24, 2.45) is 11.7 Å². The van der Waals surface area contributed by atoms with Gasteiger partial charge in [-0.3, -0.25) is 24.0 Å². The number of carbonyl (C=O) groups is 6. The maximum atomic E-state index is 14.9. The summed E-state index contributed by atoms with van der Waals surface area (Å²) in [5, 5.41) is 28.3.